The van der Waals surface area contributed by atoms with Crippen LogP contribution < -0.4 is 4.57 Å². The third kappa shape index (κ3) is 18.2. The molecule has 0 radical (unpaired) electrons. The molecule has 0 saturated heterocycles. The SMILES string of the molecule is CCCCCCCCCCCCCCC(CCCCCCCCC)c1[nH]cc[n+]1C(C)CCCCCC. The number of nitrogens with one attached hydrogen (secondary N) is 1. The predicted octanol–water partition coefficient (Wildman–Crippen LogP) is 12.1. The first kappa shape index (κ1) is 34.2. The van der Waals surface area contributed by atoms with Gasteiger partial charge in [-0.2, -0.15) is 0 Å². The van der Waals surface area contributed by atoms with E-state index >= 15 is 0 Å². The highest BCUT2D eigenvalue weighted by molar-refractivity contribution is 4.90. The lowest BCUT2D eigenvalue weighted by atomic mass is 9.92. The summed E-state index contributed by atoms with van der Waals surface area (Å²) in [7, 11) is 0. The second-order valence-corrected chi connectivity index (χ2v) is 12.2. The molecule has 2 unspecified atom stereocenters. The summed E-state index contributed by atoms with van der Waals surface area (Å²) in [5.41, 5.74) is 0. The van der Waals surface area contributed by atoms with Crippen molar-refractivity contribution in [2.75, 3.05) is 0 Å². The normalized spacial score (nSPS) is 13.3. The van der Waals surface area contributed by atoms with E-state index in [9.17, 15) is 0 Å². The fourth-order valence-electron chi connectivity index (χ4n) is 6.07. The Labute approximate surface area is 234 Å². The lowest BCUT2D eigenvalue weighted by Gasteiger charge is -2.17. The molecule has 0 fully saturated rings. The molecule has 0 aliphatic rings. The Bertz CT molecular complexity index is 578. The van der Waals surface area contributed by atoms with Crippen LogP contribution in [0.3, 0.4) is 0 Å². The van der Waals surface area contributed by atoms with E-state index in [1.54, 1.807) is 0 Å². The maximum atomic E-state index is 3.71. The largest absolute Gasteiger partial charge is 0.257 e. The number of unbranched alkanes of at least 4 members (excludes halogenated alkanes) is 20. The molecule has 0 saturated carbocycles. The maximum absolute atomic E-state index is 3.71. The van der Waals surface area contributed by atoms with Crippen LogP contribution in [0.15, 0.2) is 12.4 Å². The van der Waals surface area contributed by atoms with Crippen LogP contribution >= 0.6 is 0 Å². The number of nitrogens with zero attached hydrogens (tertiary/aromatic N) is 1. The minimum Gasteiger partial charge on any atom is -0.247 e. The minimum atomic E-state index is 0.622. The van der Waals surface area contributed by atoms with Crippen LogP contribution in [0.25, 0.3) is 0 Å². The molecule has 0 aliphatic heterocycles. The van der Waals surface area contributed by atoms with Gasteiger partial charge in [0.2, 0.25) is 0 Å². The van der Waals surface area contributed by atoms with Crippen molar-refractivity contribution in [3.8, 4) is 0 Å². The van der Waals surface area contributed by atoms with E-state index in [4.69, 9.17) is 0 Å². The van der Waals surface area contributed by atoms with Gasteiger partial charge in [-0.15, -0.1) is 0 Å². The van der Waals surface area contributed by atoms with Gasteiger partial charge in [-0.25, -0.2) is 9.55 Å². The average molecular weight is 518 g/mol. The Kier molecular flexibility index (Phi) is 23.6. The molecule has 2 nitrogen and oxygen atoms in total. The molecule has 1 N–H and O–H groups in total. The summed E-state index contributed by atoms with van der Waals surface area (Å²) in [5, 5.41) is 0. The molecule has 218 valence electrons. The molecule has 2 heteroatoms. The molecule has 1 rings (SSSR count). The molecular weight excluding hydrogens is 448 g/mol. The van der Waals surface area contributed by atoms with Crippen molar-refractivity contribution in [3.05, 3.63) is 18.2 Å². The molecule has 1 aromatic heterocycles. The molecule has 0 aliphatic carbocycles. The van der Waals surface area contributed by atoms with E-state index in [0.717, 1.165) is 0 Å². The van der Waals surface area contributed by atoms with E-state index in [-0.39, 0.29) is 0 Å². The maximum Gasteiger partial charge on any atom is 0.257 e. The summed E-state index contributed by atoms with van der Waals surface area (Å²) >= 11 is 0. The van der Waals surface area contributed by atoms with E-state index in [2.05, 4.69) is 49.6 Å². The van der Waals surface area contributed by atoms with Crippen LogP contribution in [0, 0.1) is 0 Å². The zero-order valence-electron chi connectivity index (χ0n) is 26.1. The molecule has 0 bridgehead atoms. The van der Waals surface area contributed by atoms with Crippen molar-refractivity contribution in [2.24, 2.45) is 0 Å². The second kappa shape index (κ2) is 25.5. The van der Waals surface area contributed by atoms with Gasteiger partial charge in [-0.05, 0) is 32.6 Å². The summed E-state index contributed by atoms with van der Waals surface area (Å²) in [6.45, 7) is 9.38. The highest BCUT2D eigenvalue weighted by Crippen LogP contribution is 2.27. The Hall–Kier alpha value is -0.790. The molecule has 0 amide bonds. The van der Waals surface area contributed by atoms with Gasteiger partial charge in [0.05, 0.1) is 12.0 Å². The predicted molar refractivity (Wildman–Crippen MR) is 166 cm³/mol. The standard InChI is InChI=1S/C35H68N2/c1-5-8-11-14-16-17-18-19-20-22-24-27-30-34(29-26-23-21-15-12-9-6-2)35-36-31-32-37(35)33(4)28-25-13-10-7-3/h31-34H,5-30H2,1-4H3/p+1. The van der Waals surface area contributed by atoms with Gasteiger partial charge in [-0.1, -0.05) is 162 Å². The van der Waals surface area contributed by atoms with Crippen LogP contribution in [0.4, 0.5) is 0 Å². The molecule has 1 aromatic rings. The summed E-state index contributed by atoms with van der Waals surface area (Å²) in [5.74, 6) is 2.24. The minimum absolute atomic E-state index is 0.622. The van der Waals surface area contributed by atoms with Gasteiger partial charge < -0.3 is 0 Å². The zero-order chi connectivity index (χ0) is 26.8. The summed E-state index contributed by atoms with van der Waals surface area (Å²) in [6, 6.07) is 0.622. The zero-order valence-corrected chi connectivity index (χ0v) is 26.1. The molecule has 2 atom stereocenters. The monoisotopic (exact) mass is 518 g/mol. The number of rotatable bonds is 28. The first-order valence-corrected chi connectivity index (χ1v) is 17.3. The molecule has 0 spiro atoms. The van der Waals surface area contributed by atoms with E-state index in [1.165, 1.54) is 173 Å². The fourth-order valence-corrected chi connectivity index (χ4v) is 6.07. The number of H-pyrrole nitrogens is 1. The fraction of sp³-hybridized carbons (Fsp3) is 0.914. The van der Waals surface area contributed by atoms with Crippen molar-refractivity contribution in [3.63, 3.8) is 0 Å². The number of hydrogen-bond donors (Lipinski definition) is 1. The quantitative estimate of drug-likeness (QED) is 0.0842. The summed E-state index contributed by atoms with van der Waals surface area (Å²) in [4.78, 5) is 3.71. The number of aromatic nitrogens is 2. The Morgan fingerprint density at radius 3 is 1.30 bits per heavy atom. The van der Waals surface area contributed by atoms with Crippen molar-refractivity contribution in [1.82, 2.24) is 4.98 Å². The van der Waals surface area contributed by atoms with Gasteiger partial charge >= 0.3 is 0 Å². The molecular formula is C35H69N2+. The van der Waals surface area contributed by atoms with Crippen molar-refractivity contribution >= 4 is 0 Å². The van der Waals surface area contributed by atoms with Gasteiger partial charge in [-0.3, -0.25) is 0 Å². The van der Waals surface area contributed by atoms with E-state index < -0.39 is 0 Å². The molecule has 0 aromatic carbocycles. The Morgan fingerprint density at radius 1 is 0.514 bits per heavy atom. The van der Waals surface area contributed by atoms with Crippen LogP contribution in [0.5, 0.6) is 0 Å². The summed E-state index contributed by atoms with van der Waals surface area (Å²) in [6.07, 6.45) is 41.3. The number of hydrogen-bond acceptors (Lipinski definition) is 0. The van der Waals surface area contributed by atoms with Crippen LogP contribution in [-0.4, -0.2) is 4.98 Å². The first-order valence-electron chi connectivity index (χ1n) is 17.3. The summed E-state index contributed by atoms with van der Waals surface area (Å²) < 4.78 is 2.61. The highest BCUT2D eigenvalue weighted by Gasteiger charge is 2.25. The van der Waals surface area contributed by atoms with Crippen LogP contribution in [0.1, 0.15) is 212 Å². The highest BCUT2D eigenvalue weighted by atomic mass is 15.1. The Balaban J connectivity index is 2.41. The van der Waals surface area contributed by atoms with E-state index in [0.29, 0.717) is 12.0 Å². The second-order valence-electron chi connectivity index (χ2n) is 12.2. The molecule has 1 heterocycles. The third-order valence-corrected chi connectivity index (χ3v) is 8.64. The topological polar surface area (TPSA) is 19.7 Å². The van der Waals surface area contributed by atoms with Gasteiger partial charge in [0.15, 0.2) is 0 Å². The van der Waals surface area contributed by atoms with Crippen LogP contribution in [-0.2, 0) is 0 Å². The number of aromatic amines is 1. The van der Waals surface area contributed by atoms with Crippen molar-refractivity contribution in [2.45, 2.75) is 207 Å². The van der Waals surface area contributed by atoms with Gasteiger partial charge in [0.25, 0.3) is 5.82 Å². The van der Waals surface area contributed by atoms with Gasteiger partial charge in [0.1, 0.15) is 12.4 Å². The smallest absolute Gasteiger partial charge is 0.247 e. The van der Waals surface area contributed by atoms with Crippen molar-refractivity contribution in [1.29, 1.82) is 0 Å². The lowest BCUT2D eigenvalue weighted by Crippen LogP contribution is -2.41. The van der Waals surface area contributed by atoms with E-state index in [1.807, 2.05) is 0 Å². The first-order chi connectivity index (χ1) is 18.2. The van der Waals surface area contributed by atoms with Crippen LogP contribution in [0.2, 0.25) is 0 Å². The Morgan fingerprint density at radius 2 is 0.865 bits per heavy atom. The van der Waals surface area contributed by atoms with Gasteiger partial charge in [0, 0.05) is 0 Å². The average Bonchev–Trinajstić information content (AvgIpc) is 3.40. The number of imidazole rings is 1. The lowest BCUT2D eigenvalue weighted by molar-refractivity contribution is -0.727. The molecule has 37 heavy (non-hydrogen) atoms. The van der Waals surface area contributed by atoms with Crippen molar-refractivity contribution < 1.29 is 4.57 Å². The third-order valence-electron chi connectivity index (χ3n) is 8.64.